The van der Waals surface area contributed by atoms with E-state index in [-0.39, 0.29) is 5.92 Å². The third-order valence-electron chi connectivity index (χ3n) is 1.79. The van der Waals surface area contributed by atoms with Crippen LogP contribution in [-0.4, -0.2) is 36.6 Å². The van der Waals surface area contributed by atoms with Gasteiger partial charge in [-0.15, -0.1) is 0 Å². The number of nitrogens with zero attached hydrogens (tertiary/aromatic N) is 1. The Morgan fingerprint density at radius 1 is 1.23 bits per heavy atom. The van der Waals surface area contributed by atoms with Gasteiger partial charge in [-0.25, -0.2) is 0 Å². The Balaban J connectivity index is 3.55. The summed E-state index contributed by atoms with van der Waals surface area (Å²) in [5.41, 5.74) is 0. The second-order valence-electron chi connectivity index (χ2n) is 4.31. The molecule has 80 valence electrons. The second-order valence-corrected chi connectivity index (χ2v) is 4.31. The minimum absolute atomic E-state index is 0.243. The molecule has 0 aromatic rings. The van der Waals surface area contributed by atoms with Crippen LogP contribution in [0.3, 0.4) is 0 Å². The smallest absolute Gasteiger partial charge is 0.111 e. The van der Waals surface area contributed by atoms with Crippen LogP contribution in [0.1, 0.15) is 27.7 Å². The molecule has 0 heterocycles. The van der Waals surface area contributed by atoms with Gasteiger partial charge in [0.05, 0.1) is 6.61 Å². The van der Waals surface area contributed by atoms with E-state index in [2.05, 4.69) is 13.8 Å². The van der Waals surface area contributed by atoms with Gasteiger partial charge >= 0.3 is 0 Å². The monoisotopic (exact) mass is 189 g/mol. The number of ether oxygens (including phenoxy) is 1. The molecule has 1 N–H and O–H groups in total. The lowest BCUT2D eigenvalue weighted by Crippen LogP contribution is -2.37. The lowest BCUT2D eigenvalue weighted by atomic mass is 10.2. The van der Waals surface area contributed by atoms with Crippen LogP contribution in [0.25, 0.3) is 0 Å². The van der Waals surface area contributed by atoms with Crippen LogP contribution in [0.2, 0.25) is 0 Å². The first-order chi connectivity index (χ1) is 5.95. The zero-order valence-corrected chi connectivity index (χ0v) is 9.45. The molecule has 0 spiro atoms. The van der Waals surface area contributed by atoms with Crippen LogP contribution < -0.4 is 0 Å². The van der Waals surface area contributed by atoms with Gasteiger partial charge < -0.3 is 9.84 Å². The highest BCUT2D eigenvalue weighted by Crippen LogP contribution is 2.05. The molecule has 0 radical (unpaired) electrons. The van der Waals surface area contributed by atoms with Gasteiger partial charge in [0.15, 0.2) is 0 Å². The molecule has 1 atom stereocenters. The van der Waals surface area contributed by atoms with Gasteiger partial charge in [0.1, 0.15) is 13.0 Å². The molecule has 0 bridgehead atoms. The molecule has 0 amide bonds. The first-order valence-electron chi connectivity index (χ1n) is 4.91. The number of hydrogen-bond donors (Lipinski definition) is 1. The number of rotatable bonds is 6. The number of aliphatic hydroxyl groups excluding tert-OH is 1. The fourth-order valence-electron chi connectivity index (χ4n) is 1.02. The fraction of sp³-hybridized carbons (Fsp3) is 1.00. The molecule has 3 nitrogen and oxygen atoms in total. The molecule has 0 aliphatic rings. The minimum atomic E-state index is -0.410. The first-order valence-corrected chi connectivity index (χ1v) is 4.91. The van der Waals surface area contributed by atoms with Crippen molar-refractivity contribution >= 4 is 0 Å². The quantitative estimate of drug-likeness (QED) is 0.643. The van der Waals surface area contributed by atoms with E-state index in [1.165, 1.54) is 0 Å². The van der Waals surface area contributed by atoms with Crippen molar-refractivity contribution in [2.24, 2.45) is 11.8 Å². The largest absolute Gasteiger partial charge is 0.378 e. The maximum Gasteiger partial charge on any atom is 0.111 e. The van der Waals surface area contributed by atoms with E-state index in [1.54, 1.807) is 0 Å². The van der Waals surface area contributed by atoms with Crippen molar-refractivity contribution in [1.82, 2.24) is 4.90 Å². The van der Waals surface area contributed by atoms with Gasteiger partial charge in [0, 0.05) is 0 Å². The average Bonchev–Trinajstić information content (AvgIpc) is 2.02. The second kappa shape index (κ2) is 6.35. The maximum absolute atomic E-state index is 9.61. The van der Waals surface area contributed by atoms with E-state index in [1.807, 2.05) is 25.8 Å². The SMILES string of the molecule is CC(C)COCN(C)C(O)C(C)C. The molecule has 13 heavy (non-hydrogen) atoms. The van der Waals surface area contributed by atoms with Gasteiger partial charge in [0.2, 0.25) is 0 Å². The highest BCUT2D eigenvalue weighted by Gasteiger charge is 2.14. The van der Waals surface area contributed by atoms with Crippen LogP contribution >= 0.6 is 0 Å². The third-order valence-corrected chi connectivity index (χ3v) is 1.79. The highest BCUT2D eigenvalue weighted by atomic mass is 16.5. The average molecular weight is 189 g/mol. The number of hydrogen-bond acceptors (Lipinski definition) is 3. The van der Waals surface area contributed by atoms with Crippen LogP contribution in [0, 0.1) is 11.8 Å². The summed E-state index contributed by atoms with van der Waals surface area (Å²) in [7, 11) is 1.87. The Morgan fingerprint density at radius 3 is 2.15 bits per heavy atom. The van der Waals surface area contributed by atoms with Crippen LogP contribution in [0.15, 0.2) is 0 Å². The Hall–Kier alpha value is -0.120. The molecule has 0 saturated carbocycles. The molecular weight excluding hydrogens is 166 g/mol. The topological polar surface area (TPSA) is 32.7 Å². The molecule has 0 saturated heterocycles. The van der Waals surface area contributed by atoms with E-state index in [4.69, 9.17) is 4.74 Å². The summed E-state index contributed by atoms with van der Waals surface area (Å²) in [5, 5.41) is 9.61. The van der Waals surface area contributed by atoms with Crippen molar-refractivity contribution in [3.05, 3.63) is 0 Å². The molecule has 1 unspecified atom stereocenters. The van der Waals surface area contributed by atoms with E-state index in [0.717, 1.165) is 6.61 Å². The van der Waals surface area contributed by atoms with Crippen molar-refractivity contribution in [3.8, 4) is 0 Å². The van der Waals surface area contributed by atoms with Crippen LogP contribution in [0.4, 0.5) is 0 Å². The van der Waals surface area contributed by atoms with Gasteiger partial charge in [-0.1, -0.05) is 27.7 Å². The Kier molecular flexibility index (Phi) is 6.29. The summed E-state index contributed by atoms with van der Waals surface area (Å²) in [5.74, 6) is 0.789. The number of aliphatic hydroxyl groups is 1. The molecule has 3 heteroatoms. The predicted octanol–water partition coefficient (Wildman–Crippen LogP) is 1.52. The molecule has 0 aromatic carbocycles. The summed E-state index contributed by atoms with van der Waals surface area (Å²) >= 11 is 0. The van der Waals surface area contributed by atoms with E-state index in [0.29, 0.717) is 12.6 Å². The molecule has 0 aliphatic heterocycles. The van der Waals surface area contributed by atoms with Crippen molar-refractivity contribution < 1.29 is 9.84 Å². The summed E-state index contributed by atoms with van der Waals surface area (Å²) in [6.07, 6.45) is -0.410. The summed E-state index contributed by atoms with van der Waals surface area (Å²) in [6, 6.07) is 0. The summed E-state index contributed by atoms with van der Waals surface area (Å²) in [4.78, 5) is 1.81. The van der Waals surface area contributed by atoms with Crippen molar-refractivity contribution in [2.45, 2.75) is 33.9 Å². The van der Waals surface area contributed by atoms with Crippen molar-refractivity contribution in [2.75, 3.05) is 20.4 Å². The van der Waals surface area contributed by atoms with E-state index >= 15 is 0 Å². The molecule has 0 aliphatic carbocycles. The maximum atomic E-state index is 9.61. The molecule has 0 rings (SSSR count). The van der Waals surface area contributed by atoms with Crippen LogP contribution in [-0.2, 0) is 4.74 Å². The lowest BCUT2D eigenvalue weighted by molar-refractivity contribution is -0.0810. The first kappa shape index (κ1) is 12.9. The molecule has 0 aromatic heterocycles. The lowest BCUT2D eigenvalue weighted by Gasteiger charge is -2.26. The minimum Gasteiger partial charge on any atom is -0.378 e. The van der Waals surface area contributed by atoms with Crippen molar-refractivity contribution in [3.63, 3.8) is 0 Å². The zero-order valence-electron chi connectivity index (χ0n) is 9.45. The van der Waals surface area contributed by atoms with E-state index in [9.17, 15) is 5.11 Å². The standard InChI is InChI=1S/C10H23NO2/c1-8(2)6-13-7-11(5)10(12)9(3)4/h8-10,12H,6-7H2,1-5H3. The van der Waals surface area contributed by atoms with Gasteiger partial charge in [-0.05, 0) is 18.9 Å². The third kappa shape index (κ3) is 6.02. The van der Waals surface area contributed by atoms with Gasteiger partial charge in [-0.3, -0.25) is 4.90 Å². The van der Waals surface area contributed by atoms with Gasteiger partial charge in [-0.2, -0.15) is 0 Å². The predicted molar refractivity (Wildman–Crippen MR) is 54.3 cm³/mol. The normalized spacial score (nSPS) is 14.5. The van der Waals surface area contributed by atoms with Crippen LogP contribution in [0.5, 0.6) is 0 Å². The summed E-state index contributed by atoms with van der Waals surface area (Å²) < 4.78 is 5.39. The van der Waals surface area contributed by atoms with Crippen molar-refractivity contribution in [1.29, 1.82) is 0 Å². The Morgan fingerprint density at radius 2 is 1.77 bits per heavy atom. The molecular formula is C10H23NO2. The summed E-state index contributed by atoms with van der Waals surface area (Å²) in [6.45, 7) is 9.44. The van der Waals surface area contributed by atoms with E-state index < -0.39 is 6.23 Å². The Bertz CT molecular complexity index is 126. The Labute approximate surface area is 81.7 Å². The van der Waals surface area contributed by atoms with Gasteiger partial charge in [0.25, 0.3) is 0 Å². The highest BCUT2D eigenvalue weighted by molar-refractivity contribution is 4.56. The molecule has 0 fully saturated rings. The fourth-order valence-corrected chi connectivity index (χ4v) is 1.02. The zero-order chi connectivity index (χ0) is 10.4.